The molecule has 0 unspecified atom stereocenters. The number of hydrogen-bond acceptors (Lipinski definition) is 6. The van der Waals surface area contributed by atoms with Crippen molar-refractivity contribution in [2.24, 2.45) is 5.73 Å². The van der Waals surface area contributed by atoms with Gasteiger partial charge in [-0.2, -0.15) is 4.98 Å². The third-order valence-electron chi connectivity index (χ3n) is 4.28. The number of benzene rings is 1. The Hall–Kier alpha value is -3.13. The topological polar surface area (TPSA) is 98.7 Å². The number of primary amides is 1. The Balaban J connectivity index is 1.69. The van der Waals surface area contributed by atoms with Gasteiger partial charge in [-0.1, -0.05) is 48.2 Å². The number of nitrogens with two attached hydrogens (primary N) is 1. The number of fused-ring (bicyclic) bond motifs is 1. The highest BCUT2D eigenvalue weighted by Gasteiger charge is 2.34. The average molecular weight is 378 g/mol. The summed E-state index contributed by atoms with van der Waals surface area (Å²) in [5, 5.41) is 8.38. The molecule has 0 saturated carbocycles. The van der Waals surface area contributed by atoms with E-state index in [1.54, 1.807) is 10.9 Å². The van der Waals surface area contributed by atoms with Gasteiger partial charge in [-0.15, -0.1) is 5.10 Å². The predicted octanol–water partition coefficient (Wildman–Crippen LogP) is 2.74. The zero-order valence-corrected chi connectivity index (χ0v) is 15.5. The van der Waals surface area contributed by atoms with Crippen LogP contribution < -0.4 is 11.1 Å². The molecule has 7 nitrogen and oxygen atoms in total. The molecule has 0 aliphatic carbocycles. The summed E-state index contributed by atoms with van der Waals surface area (Å²) in [7, 11) is 0. The van der Waals surface area contributed by atoms with Gasteiger partial charge in [0.05, 0.1) is 11.3 Å². The number of rotatable bonds is 5. The second kappa shape index (κ2) is 7.24. The summed E-state index contributed by atoms with van der Waals surface area (Å²) >= 11 is 1.54. The number of nitrogens with one attached hydrogen (secondary N) is 1. The summed E-state index contributed by atoms with van der Waals surface area (Å²) in [6.45, 7) is 1.81. The first-order valence-electron chi connectivity index (χ1n) is 8.45. The molecule has 0 bridgehead atoms. The number of thioether (sulfide) groups is 1. The Morgan fingerprint density at radius 1 is 1.22 bits per heavy atom. The summed E-state index contributed by atoms with van der Waals surface area (Å²) in [6.07, 6.45) is 1.69. The van der Waals surface area contributed by atoms with Gasteiger partial charge < -0.3 is 11.1 Å². The molecular formula is C19H18N6OS. The van der Waals surface area contributed by atoms with E-state index >= 15 is 0 Å². The number of aromatic nitrogens is 4. The second-order valence-electron chi connectivity index (χ2n) is 6.12. The molecule has 1 aromatic carbocycles. The summed E-state index contributed by atoms with van der Waals surface area (Å²) in [4.78, 5) is 21.1. The van der Waals surface area contributed by atoms with Crippen LogP contribution in [-0.4, -0.2) is 25.7 Å². The standard InChI is InChI=1S/C19H18N6OS/c1-12-15(17(20)26)16(14-9-5-6-10-21-14)25-18(22-12)23-19(24-25)27-11-13-7-3-2-4-8-13/h2-10,16H,11H2,1H3,(H2,20,26)(H,22,23,24)/t16-/m0/s1. The first-order chi connectivity index (χ1) is 13.1. The number of carbonyl (C=O) groups excluding carboxylic acids is 1. The van der Waals surface area contributed by atoms with Crippen LogP contribution in [0.2, 0.25) is 0 Å². The molecule has 1 aliphatic rings. The smallest absolute Gasteiger partial charge is 0.248 e. The van der Waals surface area contributed by atoms with E-state index < -0.39 is 11.9 Å². The van der Waals surface area contributed by atoms with E-state index in [0.717, 1.165) is 5.75 Å². The molecule has 3 heterocycles. The van der Waals surface area contributed by atoms with Gasteiger partial charge in [0.25, 0.3) is 0 Å². The molecule has 0 fully saturated rings. The minimum absolute atomic E-state index is 0.436. The van der Waals surface area contributed by atoms with Crippen LogP contribution in [0, 0.1) is 0 Å². The lowest BCUT2D eigenvalue weighted by molar-refractivity contribution is -0.115. The Labute approximate surface area is 160 Å². The number of pyridine rings is 1. The van der Waals surface area contributed by atoms with E-state index in [1.807, 2.05) is 43.3 Å². The van der Waals surface area contributed by atoms with E-state index in [0.29, 0.717) is 28.1 Å². The Morgan fingerprint density at radius 3 is 2.70 bits per heavy atom. The van der Waals surface area contributed by atoms with Crippen LogP contribution in [0.4, 0.5) is 5.95 Å². The van der Waals surface area contributed by atoms with Gasteiger partial charge in [-0.3, -0.25) is 9.78 Å². The van der Waals surface area contributed by atoms with Gasteiger partial charge in [0, 0.05) is 17.6 Å². The van der Waals surface area contributed by atoms with Gasteiger partial charge in [0.2, 0.25) is 17.0 Å². The van der Waals surface area contributed by atoms with Crippen molar-refractivity contribution in [3.8, 4) is 0 Å². The summed E-state index contributed by atoms with van der Waals surface area (Å²) in [6, 6.07) is 15.2. The number of anilines is 1. The fourth-order valence-corrected chi connectivity index (χ4v) is 3.83. The minimum atomic E-state index is -0.504. The fourth-order valence-electron chi connectivity index (χ4n) is 3.05. The fraction of sp³-hybridized carbons (Fsp3) is 0.158. The highest BCUT2D eigenvalue weighted by Crippen LogP contribution is 2.35. The maximum absolute atomic E-state index is 12.1. The van der Waals surface area contributed by atoms with Gasteiger partial charge in [-0.25, -0.2) is 4.68 Å². The van der Waals surface area contributed by atoms with Crippen LogP contribution in [0.25, 0.3) is 0 Å². The zero-order valence-electron chi connectivity index (χ0n) is 14.7. The molecular weight excluding hydrogens is 360 g/mol. The minimum Gasteiger partial charge on any atom is -0.366 e. The molecule has 4 rings (SSSR count). The van der Waals surface area contributed by atoms with Crippen molar-refractivity contribution >= 4 is 23.6 Å². The number of carbonyl (C=O) groups is 1. The normalized spacial score (nSPS) is 16.0. The van der Waals surface area contributed by atoms with E-state index in [9.17, 15) is 4.79 Å². The van der Waals surface area contributed by atoms with Crippen LogP contribution >= 0.6 is 11.8 Å². The Morgan fingerprint density at radius 2 is 2.00 bits per heavy atom. The number of hydrogen-bond donors (Lipinski definition) is 2. The quantitative estimate of drug-likeness (QED) is 0.663. The molecule has 0 spiro atoms. The summed E-state index contributed by atoms with van der Waals surface area (Å²) < 4.78 is 1.68. The van der Waals surface area contributed by atoms with Crippen LogP contribution in [-0.2, 0) is 10.5 Å². The average Bonchev–Trinajstić information content (AvgIpc) is 3.09. The lowest BCUT2D eigenvalue weighted by atomic mass is 9.99. The van der Waals surface area contributed by atoms with Crippen LogP contribution in [0.1, 0.15) is 24.2 Å². The van der Waals surface area contributed by atoms with Crippen molar-refractivity contribution in [2.75, 3.05) is 5.32 Å². The Bertz CT molecular complexity index is 1000. The maximum Gasteiger partial charge on any atom is 0.248 e. The van der Waals surface area contributed by atoms with E-state index in [-0.39, 0.29) is 0 Å². The first kappa shape index (κ1) is 17.3. The molecule has 3 aromatic rings. The Kier molecular flexibility index (Phi) is 4.64. The second-order valence-corrected chi connectivity index (χ2v) is 7.06. The van der Waals surface area contributed by atoms with Crippen molar-refractivity contribution < 1.29 is 4.79 Å². The van der Waals surface area contributed by atoms with Crippen molar-refractivity contribution in [1.82, 2.24) is 19.7 Å². The number of amides is 1. The van der Waals surface area contributed by atoms with Gasteiger partial charge in [0.1, 0.15) is 6.04 Å². The molecule has 2 aromatic heterocycles. The first-order valence-corrected chi connectivity index (χ1v) is 9.44. The SMILES string of the molecule is CC1=C(C(N)=O)[C@H](c2ccccn2)n2nc(SCc3ccccc3)nc2N1. The number of allylic oxidation sites excluding steroid dienone is 1. The van der Waals surface area contributed by atoms with Gasteiger partial charge >= 0.3 is 0 Å². The summed E-state index contributed by atoms with van der Waals surface area (Å²) in [5.41, 5.74) is 8.64. The molecule has 27 heavy (non-hydrogen) atoms. The van der Waals surface area contributed by atoms with Crippen LogP contribution in [0.3, 0.4) is 0 Å². The monoisotopic (exact) mass is 378 g/mol. The largest absolute Gasteiger partial charge is 0.366 e. The molecule has 1 atom stereocenters. The van der Waals surface area contributed by atoms with Crippen LogP contribution in [0.5, 0.6) is 0 Å². The third-order valence-corrected chi connectivity index (χ3v) is 5.19. The highest BCUT2D eigenvalue weighted by molar-refractivity contribution is 7.98. The van der Waals surface area contributed by atoms with Gasteiger partial charge in [-0.05, 0) is 24.6 Å². The van der Waals surface area contributed by atoms with Crippen molar-refractivity contribution in [2.45, 2.75) is 23.9 Å². The maximum atomic E-state index is 12.1. The zero-order chi connectivity index (χ0) is 18.8. The highest BCUT2D eigenvalue weighted by atomic mass is 32.2. The van der Waals surface area contributed by atoms with Crippen molar-refractivity contribution in [3.05, 3.63) is 77.3 Å². The van der Waals surface area contributed by atoms with E-state index in [4.69, 9.17) is 5.73 Å². The van der Waals surface area contributed by atoms with Crippen molar-refractivity contribution in [3.63, 3.8) is 0 Å². The van der Waals surface area contributed by atoms with E-state index in [1.165, 1.54) is 17.3 Å². The number of nitrogens with zero attached hydrogens (tertiary/aromatic N) is 4. The lowest BCUT2D eigenvalue weighted by Gasteiger charge is -2.26. The lowest BCUT2D eigenvalue weighted by Crippen LogP contribution is -2.32. The van der Waals surface area contributed by atoms with Crippen LogP contribution in [0.15, 0.2) is 71.2 Å². The predicted molar refractivity (Wildman–Crippen MR) is 104 cm³/mol. The van der Waals surface area contributed by atoms with Crippen molar-refractivity contribution in [1.29, 1.82) is 0 Å². The molecule has 136 valence electrons. The molecule has 1 amide bonds. The third kappa shape index (κ3) is 3.43. The van der Waals surface area contributed by atoms with E-state index in [2.05, 4.69) is 32.5 Å². The molecule has 0 radical (unpaired) electrons. The van der Waals surface area contributed by atoms with Gasteiger partial charge in [0.15, 0.2) is 0 Å². The molecule has 3 N–H and O–H groups in total. The molecule has 8 heteroatoms. The molecule has 1 aliphatic heterocycles. The summed E-state index contributed by atoms with van der Waals surface area (Å²) in [5.74, 6) is 0.826. The molecule has 0 saturated heterocycles.